The van der Waals surface area contributed by atoms with E-state index in [4.69, 9.17) is 4.74 Å². The van der Waals surface area contributed by atoms with Gasteiger partial charge in [0.15, 0.2) is 15.4 Å². The van der Waals surface area contributed by atoms with Gasteiger partial charge in [0, 0.05) is 24.8 Å². The predicted molar refractivity (Wildman–Crippen MR) is 77.6 cm³/mol. The molecule has 0 aliphatic carbocycles. The largest absolute Gasteiger partial charge is 0.479 e. The molecule has 1 amide bonds. The molecule has 1 fully saturated rings. The average Bonchev–Trinajstić information content (AvgIpc) is 2.87. The number of hydrogen-bond acceptors (Lipinski definition) is 5. The highest BCUT2D eigenvalue weighted by Gasteiger charge is 2.44. The van der Waals surface area contributed by atoms with Crippen molar-refractivity contribution in [2.24, 2.45) is 0 Å². The number of sulfone groups is 1. The Morgan fingerprint density at radius 2 is 2.05 bits per heavy atom. The smallest absolute Gasteiger partial charge is 0.331 e. The second-order valence-electron chi connectivity index (χ2n) is 5.39. The Morgan fingerprint density at radius 1 is 1.36 bits per heavy atom. The summed E-state index contributed by atoms with van der Waals surface area (Å²) in [5.74, 6) is -1.80. The van der Waals surface area contributed by atoms with Crippen molar-refractivity contribution in [1.29, 1.82) is 0 Å². The van der Waals surface area contributed by atoms with E-state index >= 15 is 0 Å². The third kappa shape index (κ3) is 3.12. The highest BCUT2D eigenvalue weighted by molar-refractivity contribution is 7.90. The van der Waals surface area contributed by atoms with Gasteiger partial charge in [0.2, 0.25) is 0 Å². The van der Waals surface area contributed by atoms with E-state index < -0.39 is 27.3 Å². The van der Waals surface area contributed by atoms with Crippen molar-refractivity contribution < 1.29 is 27.9 Å². The monoisotopic (exact) mass is 327 g/mol. The van der Waals surface area contributed by atoms with E-state index in [-0.39, 0.29) is 30.1 Å². The van der Waals surface area contributed by atoms with Crippen LogP contribution in [-0.2, 0) is 19.4 Å². The molecule has 0 aromatic heterocycles. The highest BCUT2D eigenvalue weighted by atomic mass is 32.2. The van der Waals surface area contributed by atoms with Crippen molar-refractivity contribution in [3.8, 4) is 0 Å². The number of carboxylic acid groups (broad SMARTS) is 1. The molecule has 0 spiro atoms. The molecule has 1 aliphatic heterocycles. The number of rotatable bonds is 4. The van der Waals surface area contributed by atoms with Crippen LogP contribution in [0.4, 0.5) is 0 Å². The van der Waals surface area contributed by atoms with Crippen molar-refractivity contribution in [2.75, 3.05) is 19.5 Å². The summed E-state index contributed by atoms with van der Waals surface area (Å²) >= 11 is 0. The minimum absolute atomic E-state index is 0.00953. The lowest BCUT2D eigenvalue weighted by Crippen LogP contribution is -2.55. The summed E-state index contributed by atoms with van der Waals surface area (Å²) in [4.78, 5) is 23.8. The summed E-state index contributed by atoms with van der Waals surface area (Å²) in [7, 11) is -3.46. The fraction of sp³-hybridized carbons (Fsp3) is 0.429. The number of carbonyl (C=O) groups is 2. The molecule has 2 N–H and O–H groups in total. The Labute approximate surface area is 128 Å². The van der Waals surface area contributed by atoms with Gasteiger partial charge in [-0.2, -0.15) is 0 Å². The second-order valence-corrected chi connectivity index (χ2v) is 7.41. The number of aryl methyl sites for hydroxylation is 1. The zero-order chi connectivity index (χ0) is 16.5. The molecule has 7 nitrogen and oxygen atoms in total. The Hall–Kier alpha value is -1.93. The first-order valence-corrected chi connectivity index (χ1v) is 8.49. The Bertz CT molecular complexity index is 719. The van der Waals surface area contributed by atoms with Crippen molar-refractivity contribution >= 4 is 21.7 Å². The third-order valence-corrected chi connectivity index (χ3v) is 4.78. The summed E-state index contributed by atoms with van der Waals surface area (Å²) in [6.07, 6.45) is 1.21. The van der Waals surface area contributed by atoms with Crippen LogP contribution in [0.5, 0.6) is 0 Å². The predicted octanol–water partition coefficient (Wildman–Crippen LogP) is 0.372. The molecule has 1 heterocycles. The minimum atomic E-state index is -3.46. The first-order chi connectivity index (χ1) is 10.2. The molecule has 8 heteroatoms. The molecule has 1 atom stereocenters. The summed E-state index contributed by atoms with van der Waals surface area (Å²) in [5.41, 5.74) is -0.773. The normalized spacial score (nSPS) is 21.5. The van der Waals surface area contributed by atoms with E-state index in [1.54, 1.807) is 6.92 Å². The molecular weight excluding hydrogens is 310 g/mol. The van der Waals surface area contributed by atoms with Crippen LogP contribution in [0.1, 0.15) is 22.3 Å². The molecule has 1 aromatic rings. The van der Waals surface area contributed by atoms with Gasteiger partial charge in [-0.3, -0.25) is 4.79 Å². The molecule has 1 saturated heterocycles. The lowest BCUT2D eigenvalue weighted by Gasteiger charge is -2.24. The maximum atomic E-state index is 12.4. The number of amides is 1. The Kier molecular flexibility index (Phi) is 4.25. The maximum absolute atomic E-state index is 12.4. The first-order valence-electron chi connectivity index (χ1n) is 6.60. The number of hydrogen-bond donors (Lipinski definition) is 2. The molecule has 0 radical (unpaired) electrons. The molecule has 0 saturated carbocycles. The number of nitrogens with one attached hydrogen (secondary N) is 1. The molecule has 1 unspecified atom stereocenters. The molecule has 22 heavy (non-hydrogen) atoms. The SMILES string of the molecule is Cc1ccc(S(C)(=O)=O)cc1C(=O)NC1(C(=O)O)CCOC1. The number of benzene rings is 1. The van der Waals surface area contributed by atoms with Gasteiger partial charge in [0.25, 0.3) is 5.91 Å². The van der Waals surface area contributed by atoms with Crippen molar-refractivity contribution in [3.05, 3.63) is 29.3 Å². The van der Waals surface area contributed by atoms with E-state index in [0.717, 1.165) is 6.26 Å². The lowest BCUT2D eigenvalue weighted by atomic mass is 9.97. The van der Waals surface area contributed by atoms with Gasteiger partial charge >= 0.3 is 5.97 Å². The Morgan fingerprint density at radius 3 is 2.55 bits per heavy atom. The van der Waals surface area contributed by atoms with Gasteiger partial charge in [0.1, 0.15) is 0 Å². The maximum Gasteiger partial charge on any atom is 0.331 e. The fourth-order valence-corrected chi connectivity index (χ4v) is 2.89. The van der Waals surface area contributed by atoms with Crippen LogP contribution in [0, 0.1) is 6.92 Å². The molecule has 2 rings (SSSR count). The summed E-state index contributed by atoms with van der Waals surface area (Å²) in [5, 5.41) is 11.8. The minimum Gasteiger partial charge on any atom is -0.479 e. The van der Waals surface area contributed by atoms with Gasteiger partial charge in [0.05, 0.1) is 11.5 Å². The molecule has 0 bridgehead atoms. The van der Waals surface area contributed by atoms with E-state index in [1.807, 2.05) is 0 Å². The number of aliphatic carboxylic acids is 1. The summed E-state index contributed by atoms with van der Waals surface area (Å²) in [6.45, 7) is 1.79. The third-order valence-electron chi connectivity index (χ3n) is 3.67. The zero-order valence-corrected chi connectivity index (χ0v) is 13.1. The van der Waals surface area contributed by atoms with Gasteiger partial charge in [-0.15, -0.1) is 0 Å². The van der Waals surface area contributed by atoms with Crippen LogP contribution >= 0.6 is 0 Å². The van der Waals surface area contributed by atoms with E-state index in [1.165, 1.54) is 18.2 Å². The van der Waals surface area contributed by atoms with Crippen LogP contribution in [0.2, 0.25) is 0 Å². The van der Waals surface area contributed by atoms with Crippen LogP contribution < -0.4 is 5.32 Å². The second kappa shape index (κ2) is 5.69. The Balaban J connectivity index is 2.35. The summed E-state index contributed by atoms with van der Waals surface area (Å²) in [6, 6.07) is 4.18. The number of carboxylic acids is 1. The summed E-state index contributed by atoms with van der Waals surface area (Å²) < 4.78 is 28.3. The van der Waals surface area contributed by atoms with Gasteiger partial charge < -0.3 is 15.2 Å². The van der Waals surface area contributed by atoms with Gasteiger partial charge in [-0.25, -0.2) is 13.2 Å². The standard InChI is InChI=1S/C14H17NO6S/c1-9-3-4-10(22(2,19)20)7-11(9)12(16)15-14(13(17)18)5-6-21-8-14/h3-4,7H,5-6,8H2,1-2H3,(H,15,16)(H,17,18). The topological polar surface area (TPSA) is 110 Å². The van der Waals surface area contributed by atoms with Crippen molar-refractivity contribution in [1.82, 2.24) is 5.32 Å². The fourth-order valence-electron chi connectivity index (χ4n) is 2.25. The quantitative estimate of drug-likeness (QED) is 0.827. The van der Waals surface area contributed by atoms with Crippen LogP contribution in [-0.4, -0.2) is 50.4 Å². The molecular formula is C14H17NO6S. The van der Waals surface area contributed by atoms with E-state index in [0.29, 0.717) is 5.56 Å². The lowest BCUT2D eigenvalue weighted by molar-refractivity contribution is -0.144. The first kappa shape index (κ1) is 16.4. The number of ether oxygens (including phenoxy) is 1. The van der Waals surface area contributed by atoms with Gasteiger partial charge in [-0.1, -0.05) is 6.07 Å². The van der Waals surface area contributed by atoms with Crippen molar-refractivity contribution in [3.63, 3.8) is 0 Å². The van der Waals surface area contributed by atoms with Crippen LogP contribution in [0.3, 0.4) is 0 Å². The van der Waals surface area contributed by atoms with E-state index in [2.05, 4.69) is 5.32 Å². The van der Waals surface area contributed by atoms with Gasteiger partial charge in [-0.05, 0) is 24.6 Å². The number of carbonyl (C=O) groups excluding carboxylic acids is 1. The van der Waals surface area contributed by atoms with E-state index in [9.17, 15) is 23.1 Å². The highest BCUT2D eigenvalue weighted by Crippen LogP contribution is 2.21. The van der Waals surface area contributed by atoms with Crippen LogP contribution in [0.25, 0.3) is 0 Å². The molecule has 120 valence electrons. The molecule has 1 aromatic carbocycles. The average molecular weight is 327 g/mol. The van der Waals surface area contributed by atoms with Crippen molar-refractivity contribution in [2.45, 2.75) is 23.8 Å². The molecule has 1 aliphatic rings. The van der Waals surface area contributed by atoms with Crippen LogP contribution in [0.15, 0.2) is 23.1 Å². The zero-order valence-electron chi connectivity index (χ0n) is 12.3.